The number of nitrogens with zero attached hydrogens (tertiary/aromatic N) is 1. The van der Waals surface area contributed by atoms with Crippen molar-refractivity contribution in [1.29, 1.82) is 0 Å². The molecule has 0 radical (unpaired) electrons. The van der Waals surface area contributed by atoms with Crippen LogP contribution in [0.3, 0.4) is 0 Å². The van der Waals surface area contributed by atoms with Crippen LogP contribution in [0.25, 0.3) is 0 Å². The van der Waals surface area contributed by atoms with E-state index in [0.29, 0.717) is 24.3 Å². The summed E-state index contributed by atoms with van der Waals surface area (Å²) in [7, 11) is 0. The van der Waals surface area contributed by atoms with Crippen LogP contribution in [-0.4, -0.2) is 58.0 Å². The summed E-state index contributed by atoms with van der Waals surface area (Å²) in [6.07, 6.45) is 1.07. The number of hydrogen-bond acceptors (Lipinski definition) is 7. The smallest absolute Gasteiger partial charge is 0.323 e. The highest BCUT2D eigenvalue weighted by molar-refractivity contribution is 7.99. The fourth-order valence-corrected chi connectivity index (χ4v) is 6.42. The lowest BCUT2D eigenvalue weighted by Gasteiger charge is -2.30. The second-order valence-electron chi connectivity index (χ2n) is 8.82. The summed E-state index contributed by atoms with van der Waals surface area (Å²) in [5, 5.41) is 14.7. The lowest BCUT2D eigenvalue weighted by atomic mass is 10.0. The number of thiophene rings is 1. The first-order chi connectivity index (χ1) is 18.0. The zero-order chi connectivity index (χ0) is 26.0. The third-order valence-electron chi connectivity index (χ3n) is 6.17. The van der Waals surface area contributed by atoms with Gasteiger partial charge in [0.25, 0.3) is 0 Å². The minimum Gasteiger partial charge on any atom is -0.480 e. The second kappa shape index (κ2) is 13.4. The number of esters is 1. The van der Waals surface area contributed by atoms with E-state index in [1.54, 1.807) is 11.8 Å². The number of carbonyl (C=O) groups is 3. The van der Waals surface area contributed by atoms with Crippen molar-refractivity contribution >= 4 is 40.9 Å². The Kier molecular flexibility index (Phi) is 9.76. The summed E-state index contributed by atoms with van der Waals surface area (Å²) in [6, 6.07) is 21.4. The maximum Gasteiger partial charge on any atom is 0.323 e. The Morgan fingerprint density at radius 1 is 1.00 bits per heavy atom. The van der Waals surface area contributed by atoms with Gasteiger partial charge in [-0.05, 0) is 35.4 Å². The molecule has 2 N–H and O–H groups in total. The van der Waals surface area contributed by atoms with Crippen molar-refractivity contribution in [3.63, 3.8) is 0 Å². The van der Waals surface area contributed by atoms with E-state index >= 15 is 0 Å². The average Bonchev–Trinajstić information content (AvgIpc) is 3.40. The van der Waals surface area contributed by atoms with Crippen molar-refractivity contribution in [2.75, 3.05) is 18.1 Å². The van der Waals surface area contributed by atoms with E-state index in [9.17, 15) is 19.5 Å². The Morgan fingerprint density at radius 3 is 2.35 bits per heavy atom. The van der Waals surface area contributed by atoms with Crippen LogP contribution in [0.1, 0.15) is 28.5 Å². The van der Waals surface area contributed by atoms with E-state index in [4.69, 9.17) is 4.74 Å². The standard InChI is InChI=1S/C28H30N2O5S2/c31-26(32)16-30-24(25-12-7-15-37-25)19-36-18-23(27(30)33)29-22(14-13-20-8-3-1-4-9-20)28(34)35-17-21-10-5-2-6-11-21/h1-12,15,22-24,29H,13-14,16-19H2,(H,31,32)/t22-,23?,24?/m0/s1. The monoisotopic (exact) mass is 538 g/mol. The number of carboxylic acids is 1. The molecule has 3 aromatic rings. The van der Waals surface area contributed by atoms with E-state index in [1.807, 2.05) is 78.2 Å². The first kappa shape index (κ1) is 26.9. The predicted octanol–water partition coefficient (Wildman–Crippen LogP) is 4.15. The molecule has 1 amide bonds. The molecule has 1 aliphatic rings. The number of benzene rings is 2. The second-order valence-corrected chi connectivity index (χ2v) is 10.9. The molecule has 1 fully saturated rings. The SMILES string of the molecule is O=C(O)CN1C(=O)C(N[C@@H](CCc2ccccc2)C(=O)OCc2ccccc2)CSCC1c1cccs1. The van der Waals surface area contributed by atoms with Gasteiger partial charge in [-0.2, -0.15) is 11.8 Å². The number of ether oxygens (including phenoxy) is 1. The number of nitrogens with one attached hydrogen (secondary N) is 1. The molecular weight excluding hydrogens is 508 g/mol. The maximum atomic E-state index is 13.6. The van der Waals surface area contributed by atoms with Crippen molar-refractivity contribution in [3.05, 3.63) is 94.2 Å². The minimum absolute atomic E-state index is 0.141. The molecule has 4 rings (SSSR count). The first-order valence-electron chi connectivity index (χ1n) is 12.1. The third-order valence-corrected chi connectivity index (χ3v) is 8.26. The normalized spacial score (nSPS) is 18.7. The van der Waals surface area contributed by atoms with E-state index in [-0.39, 0.29) is 18.6 Å². The number of thioether (sulfide) groups is 1. The molecule has 2 aromatic carbocycles. The lowest BCUT2D eigenvalue weighted by Crippen LogP contribution is -2.54. The Hall–Kier alpha value is -3.14. The zero-order valence-electron chi connectivity index (χ0n) is 20.3. The maximum absolute atomic E-state index is 13.6. The van der Waals surface area contributed by atoms with E-state index < -0.39 is 30.6 Å². The topological polar surface area (TPSA) is 95.9 Å². The van der Waals surface area contributed by atoms with Gasteiger partial charge in [-0.25, -0.2) is 0 Å². The molecule has 2 heterocycles. The van der Waals surface area contributed by atoms with Crippen LogP contribution >= 0.6 is 23.1 Å². The summed E-state index contributed by atoms with van der Waals surface area (Å²) < 4.78 is 5.63. The summed E-state index contributed by atoms with van der Waals surface area (Å²) in [6.45, 7) is -0.255. The van der Waals surface area contributed by atoms with Crippen LogP contribution in [-0.2, 0) is 32.1 Å². The highest BCUT2D eigenvalue weighted by Gasteiger charge is 2.37. The fourth-order valence-electron chi connectivity index (χ4n) is 4.28. The molecule has 194 valence electrons. The molecule has 0 spiro atoms. The zero-order valence-corrected chi connectivity index (χ0v) is 22.0. The molecule has 3 atom stereocenters. The van der Waals surface area contributed by atoms with Gasteiger partial charge in [-0.1, -0.05) is 66.7 Å². The Balaban J connectivity index is 1.50. The van der Waals surface area contributed by atoms with Gasteiger partial charge in [0.1, 0.15) is 19.2 Å². The highest BCUT2D eigenvalue weighted by atomic mass is 32.2. The Labute approximate surface area is 224 Å². The molecule has 9 heteroatoms. The average molecular weight is 539 g/mol. The summed E-state index contributed by atoms with van der Waals surface area (Å²) in [5.74, 6) is -0.786. The van der Waals surface area contributed by atoms with Crippen LogP contribution in [0.15, 0.2) is 78.2 Å². The van der Waals surface area contributed by atoms with Gasteiger partial charge in [0, 0.05) is 16.4 Å². The van der Waals surface area contributed by atoms with Crippen molar-refractivity contribution in [2.45, 2.75) is 37.6 Å². The van der Waals surface area contributed by atoms with Crippen LogP contribution in [0.5, 0.6) is 0 Å². The molecule has 37 heavy (non-hydrogen) atoms. The van der Waals surface area contributed by atoms with Crippen LogP contribution < -0.4 is 5.32 Å². The first-order valence-corrected chi connectivity index (χ1v) is 14.2. The summed E-state index contributed by atoms with van der Waals surface area (Å²) >= 11 is 3.09. The van der Waals surface area contributed by atoms with Gasteiger partial charge in [0.05, 0.1) is 12.1 Å². The molecule has 0 aliphatic carbocycles. The molecule has 7 nitrogen and oxygen atoms in total. The van der Waals surface area contributed by atoms with Crippen molar-refractivity contribution < 1.29 is 24.2 Å². The molecule has 1 saturated heterocycles. The van der Waals surface area contributed by atoms with Gasteiger partial charge in [-0.15, -0.1) is 11.3 Å². The van der Waals surface area contributed by atoms with Crippen LogP contribution in [0.4, 0.5) is 0 Å². The van der Waals surface area contributed by atoms with Crippen LogP contribution in [0.2, 0.25) is 0 Å². The third kappa shape index (κ3) is 7.67. The number of aryl methyl sites for hydroxylation is 1. The lowest BCUT2D eigenvalue weighted by molar-refractivity contribution is -0.150. The van der Waals surface area contributed by atoms with Crippen molar-refractivity contribution in [3.8, 4) is 0 Å². The fraction of sp³-hybridized carbons (Fsp3) is 0.321. The number of aliphatic carboxylic acids is 1. The van der Waals surface area contributed by atoms with Gasteiger partial charge in [-0.3, -0.25) is 19.7 Å². The predicted molar refractivity (Wildman–Crippen MR) is 145 cm³/mol. The largest absolute Gasteiger partial charge is 0.480 e. The summed E-state index contributed by atoms with van der Waals surface area (Å²) in [4.78, 5) is 40.9. The van der Waals surface area contributed by atoms with Crippen molar-refractivity contribution in [2.24, 2.45) is 0 Å². The Bertz CT molecular complexity index is 1160. The molecule has 1 aromatic heterocycles. The van der Waals surface area contributed by atoms with E-state index in [2.05, 4.69) is 5.32 Å². The van der Waals surface area contributed by atoms with E-state index in [0.717, 1.165) is 16.0 Å². The molecule has 2 unspecified atom stereocenters. The summed E-state index contributed by atoms with van der Waals surface area (Å²) in [5.41, 5.74) is 1.96. The molecule has 0 saturated carbocycles. The molecule has 1 aliphatic heterocycles. The molecular formula is C28H30N2O5S2. The quantitative estimate of drug-likeness (QED) is 0.354. The van der Waals surface area contributed by atoms with Gasteiger partial charge in [0.2, 0.25) is 5.91 Å². The molecule has 0 bridgehead atoms. The number of carboxylic acid groups (broad SMARTS) is 1. The van der Waals surface area contributed by atoms with Gasteiger partial charge >= 0.3 is 11.9 Å². The number of hydrogen-bond donors (Lipinski definition) is 2. The number of carbonyl (C=O) groups excluding carboxylic acids is 2. The van der Waals surface area contributed by atoms with E-state index in [1.165, 1.54) is 16.2 Å². The Morgan fingerprint density at radius 2 is 1.70 bits per heavy atom. The van der Waals surface area contributed by atoms with Crippen molar-refractivity contribution in [1.82, 2.24) is 10.2 Å². The van der Waals surface area contributed by atoms with Crippen LogP contribution in [0, 0.1) is 0 Å². The number of rotatable bonds is 11. The minimum atomic E-state index is -1.07. The van der Waals surface area contributed by atoms with Gasteiger partial charge in [0.15, 0.2) is 0 Å². The highest BCUT2D eigenvalue weighted by Crippen LogP contribution is 2.32. The number of amides is 1. The van der Waals surface area contributed by atoms with Gasteiger partial charge < -0.3 is 14.7 Å².